The number of nitrogens with zero attached hydrogens (tertiary/aromatic N) is 1. The maximum Gasteiger partial charge on any atom is 0.126 e. The number of aromatic nitrogens is 2. The zero-order valence-electron chi connectivity index (χ0n) is 8.96. The van der Waals surface area contributed by atoms with Gasteiger partial charge < -0.3 is 4.74 Å². The molecule has 0 amide bonds. The first-order valence-corrected chi connectivity index (χ1v) is 5.34. The summed E-state index contributed by atoms with van der Waals surface area (Å²) in [6, 6.07) is 3.39. The highest BCUT2D eigenvalue weighted by molar-refractivity contribution is 5.64. The van der Waals surface area contributed by atoms with Crippen molar-refractivity contribution in [1.82, 2.24) is 10.2 Å². The molecule has 3 rings (SSSR count). The van der Waals surface area contributed by atoms with E-state index in [1.54, 1.807) is 0 Å². The van der Waals surface area contributed by atoms with Gasteiger partial charge in [0.2, 0.25) is 0 Å². The van der Waals surface area contributed by atoms with Crippen molar-refractivity contribution in [3.8, 4) is 11.3 Å². The molecule has 1 N–H and O–H groups in total. The van der Waals surface area contributed by atoms with Gasteiger partial charge in [0.05, 0.1) is 18.9 Å². The molecule has 1 aromatic heterocycles. The van der Waals surface area contributed by atoms with Gasteiger partial charge in [-0.1, -0.05) is 0 Å². The predicted octanol–water partition coefficient (Wildman–Crippen LogP) is 2.43. The van der Waals surface area contributed by atoms with Crippen molar-refractivity contribution in [1.29, 1.82) is 0 Å². The van der Waals surface area contributed by atoms with Crippen molar-refractivity contribution >= 4 is 0 Å². The van der Waals surface area contributed by atoms with Gasteiger partial charge >= 0.3 is 0 Å². The number of ether oxygens (including phenoxy) is 1. The molecule has 0 spiro atoms. The van der Waals surface area contributed by atoms with Crippen molar-refractivity contribution in [3.63, 3.8) is 0 Å². The molecule has 0 bridgehead atoms. The lowest BCUT2D eigenvalue weighted by Gasteiger charge is -2.12. The van der Waals surface area contributed by atoms with Crippen molar-refractivity contribution in [2.24, 2.45) is 0 Å². The van der Waals surface area contributed by atoms with Crippen LogP contribution in [0.4, 0.5) is 8.78 Å². The summed E-state index contributed by atoms with van der Waals surface area (Å²) in [6.07, 6.45) is 0.750. The van der Waals surface area contributed by atoms with E-state index < -0.39 is 11.6 Å². The minimum absolute atomic E-state index is 0.430. The highest BCUT2D eigenvalue weighted by Gasteiger charge is 2.19. The maximum absolute atomic E-state index is 13.1. The molecule has 0 unspecified atom stereocenters. The van der Waals surface area contributed by atoms with E-state index in [1.165, 1.54) is 12.1 Å². The predicted molar refractivity (Wildman–Crippen MR) is 57.3 cm³/mol. The lowest BCUT2D eigenvalue weighted by molar-refractivity contribution is 0.110. The number of H-pyrrole nitrogens is 1. The van der Waals surface area contributed by atoms with Crippen LogP contribution in [-0.4, -0.2) is 16.8 Å². The molecule has 0 radical (unpaired) electrons. The molecule has 2 heterocycles. The fourth-order valence-electron chi connectivity index (χ4n) is 2.04. The summed E-state index contributed by atoms with van der Waals surface area (Å²) in [5.74, 6) is -1.21. The van der Waals surface area contributed by atoms with Crippen LogP contribution in [0.25, 0.3) is 11.3 Å². The van der Waals surface area contributed by atoms with E-state index >= 15 is 0 Å². The highest BCUT2D eigenvalue weighted by atomic mass is 19.1. The molecule has 0 atom stereocenters. The zero-order valence-corrected chi connectivity index (χ0v) is 8.96. The Morgan fingerprint density at radius 3 is 2.71 bits per heavy atom. The SMILES string of the molecule is Fc1cc(F)cc(-c2n[nH]c3c2COCC3)c1. The first-order valence-electron chi connectivity index (χ1n) is 5.34. The summed E-state index contributed by atoms with van der Waals surface area (Å²) in [5.41, 5.74) is 2.88. The van der Waals surface area contributed by atoms with E-state index in [9.17, 15) is 8.78 Å². The lowest BCUT2D eigenvalue weighted by atomic mass is 10.0. The van der Waals surface area contributed by atoms with Crippen LogP contribution in [0.1, 0.15) is 11.3 Å². The molecule has 1 aliphatic heterocycles. The first kappa shape index (κ1) is 10.4. The third-order valence-electron chi connectivity index (χ3n) is 2.83. The minimum Gasteiger partial charge on any atom is -0.376 e. The van der Waals surface area contributed by atoms with Crippen LogP contribution in [0.3, 0.4) is 0 Å². The van der Waals surface area contributed by atoms with Gasteiger partial charge in [0, 0.05) is 29.3 Å². The van der Waals surface area contributed by atoms with Crippen LogP contribution in [0.2, 0.25) is 0 Å². The molecule has 0 fully saturated rings. The topological polar surface area (TPSA) is 37.9 Å². The Balaban J connectivity index is 2.11. The fourth-order valence-corrected chi connectivity index (χ4v) is 2.04. The number of rotatable bonds is 1. The molecule has 0 saturated heterocycles. The number of aromatic amines is 1. The van der Waals surface area contributed by atoms with Gasteiger partial charge in [-0.2, -0.15) is 5.10 Å². The van der Waals surface area contributed by atoms with Crippen molar-refractivity contribution in [3.05, 3.63) is 41.1 Å². The van der Waals surface area contributed by atoms with Crippen LogP contribution >= 0.6 is 0 Å². The van der Waals surface area contributed by atoms with Gasteiger partial charge in [0.15, 0.2) is 0 Å². The molecule has 2 aromatic rings. The van der Waals surface area contributed by atoms with Crippen LogP contribution in [0.15, 0.2) is 18.2 Å². The smallest absolute Gasteiger partial charge is 0.126 e. The Bertz CT molecular complexity index is 545. The molecule has 0 aliphatic carbocycles. The van der Waals surface area contributed by atoms with Gasteiger partial charge in [0.25, 0.3) is 0 Å². The Morgan fingerprint density at radius 1 is 1.18 bits per heavy atom. The fraction of sp³-hybridized carbons (Fsp3) is 0.250. The highest BCUT2D eigenvalue weighted by Crippen LogP contribution is 2.28. The summed E-state index contributed by atoms with van der Waals surface area (Å²) >= 11 is 0. The third kappa shape index (κ3) is 1.82. The number of hydrogen-bond donors (Lipinski definition) is 1. The monoisotopic (exact) mass is 236 g/mol. The average Bonchev–Trinajstić information content (AvgIpc) is 2.71. The maximum atomic E-state index is 13.1. The van der Waals surface area contributed by atoms with Crippen LogP contribution in [0, 0.1) is 11.6 Å². The lowest BCUT2D eigenvalue weighted by Crippen LogP contribution is -2.08. The Kier molecular flexibility index (Phi) is 2.40. The molecule has 1 aliphatic rings. The molecule has 88 valence electrons. The molecule has 17 heavy (non-hydrogen) atoms. The Morgan fingerprint density at radius 2 is 1.94 bits per heavy atom. The van der Waals surface area contributed by atoms with Crippen molar-refractivity contribution in [2.75, 3.05) is 6.61 Å². The normalized spacial score (nSPS) is 14.7. The van der Waals surface area contributed by atoms with E-state index in [0.717, 1.165) is 23.7 Å². The van der Waals surface area contributed by atoms with E-state index in [-0.39, 0.29) is 0 Å². The Hall–Kier alpha value is -1.75. The molecule has 5 heteroatoms. The van der Waals surface area contributed by atoms with E-state index in [4.69, 9.17) is 4.74 Å². The summed E-state index contributed by atoms with van der Waals surface area (Å²) < 4.78 is 31.6. The Labute approximate surface area is 96.4 Å². The van der Waals surface area contributed by atoms with Gasteiger partial charge in [-0.15, -0.1) is 0 Å². The second-order valence-corrected chi connectivity index (χ2v) is 3.99. The standard InChI is InChI=1S/C12H10F2N2O/c13-8-3-7(4-9(14)5-8)12-10-6-17-2-1-11(10)15-16-12/h3-5H,1-2,6H2,(H,15,16). The van der Waals surface area contributed by atoms with Gasteiger partial charge in [0.1, 0.15) is 11.6 Å². The molecule has 0 saturated carbocycles. The number of fused-ring (bicyclic) bond motifs is 1. The van der Waals surface area contributed by atoms with Crippen molar-refractivity contribution in [2.45, 2.75) is 13.0 Å². The molecular formula is C12H10F2N2O. The second kappa shape index (κ2) is 3.92. The van der Waals surface area contributed by atoms with E-state index in [2.05, 4.69) is 10.2 Å². The zero-order chi connectivity index (χ0) is 11.8. The summed E-state index contributed by atoms with van der Waals surface area (Å²) in [7, 11) is 0. The first-order chi connectivity index (χ1) is 8.24. The number of halogens is 2. The van der Waals surface area contributed by atoms with Crippen molar-refractivity contribution < 1.29 is 13.5 Å². The van der Waals surface area contributed by atoms with Gasteiger partial charge in [-0.05, 0) is 12.1 Å². The number of hydrogen-bond acceptors (Lipinski definition) is 2. The average molecular weight is 236 g/mol. The minimum atomic E-state index is -0.603. The number of benzene rings is 1. The van der Waals surface area contributed by atoms with Crippen LogP contribution < -0.4 is 0 Å². The summed E-state index contributed by atoms with van der Waals surface area (Å²) in [6.45, 7) is 1.07. The number of nitrogens with one attached hydrogen (secondary N) is 1. The molecular weight excluding hydrogens is 226 g/mol. The van der Waals surface area contributed by atoms with E-state index in [0.29, 0.717) is 24.5 Å². The van der Waals surface area contributed by atoms with E-state index in [1.807, 2.05) is 0 Å². The summed E-state index contributed by atoms with van der Waals surface area (Å²) in [4.78, 5) is 0. The third-order valence-corrected chi connectivity index (χ3v) is 2.83. The molecule has 1 aromatic carbocycles. The second-order valence-electron chi connectivity index (χ2n) is 3.99. The molecule has 3 nitrogen and oxygen atoms in total. The van der Waals surface area contributed by atoms with Gasteiger partial charge in [-0.3, -0.25) is 5.10 Å². The van der Waals surface area contributed by atoms with Crippen LogP contribution in [-0.2, 0) is 17.8 Å². The largest absolute Gasteiger partial charge is 0.376 e. The quantitative estimate of drug-likeness (QED) is 0.825. The van der Waals surface area contributed by atoms with Crippen LogP contribution in [0.5, 0.6) is 0 Å². The summed E-state index contributed by atoms with van der Waals surface area (Å²) in [5, 5.41) is 7.00. The van der Waals surface area contributed by atoms with Gasteiger partial charge in [-0.25, -0.2) is 8.78 Å².